The first-order valence-corrected chi connectivity index (χ1v) is 7.89. The van der Waals surface area contributed by atoms with E-state index >= 15 is 0 Å². The van der Waals surface area contributed by atoms with Crippen molar-refractivity contribution in [1.29, 1.82) is 0 Å². The second kappa shape index (κ2) is 7.54. The fourth-order valence-electron chi connectivity index (χ4n) is 3.01. The van der Waals surface area contributed by atoms with Crippen molar-refractivity contribution in [2.24, 2.45) is 0 Å². The highest BCUT2D eigenvalue weighted by Gasteiger charge is 2.35. The second-order valence-corrected chi connectivity index (χ2v) is 6.53. The normalized spacial score (nSPS) is 26.8. The minimum atomic E-state index is -0.406. The highest BCUT2D eigenvalue weighted by Crippen LogP contribution is 2.21. The van der Waals surface area contributed by atoms with E-state index < -0.39 is 5.60 Å². The second-order valence-electron chi connectivity index (χ2n) is 6.53. The molecule has 21 heavy (non-hydrogen) atoms. The third kappa shape index (κ3) is 5.21. The first-order chi connectivity index (χ1) is 10.00. The fourth-order valence-corrected chi connectivity index (χ4v) is 3.01. The van der Waals surface area contributed by atoms with Gasteiger partial charge in [-0.15, -0.1) is 0 Å². The number of nitrogens with zero attached hydrogens (tertiary/aromatic N) is 1. The molecule has 1 unspecified atom stereocenters. The van der Waals surface area contributed by atoms with Crippen LogP contribution in [0, 0.1) is 0 Å². The Morgan fingerprint density at radius 1 is 1.43 bits per heavy atom. The van der Waals surface area contributed by atoms with Gasteiger partial charge in [0.1, 0.15) is 0 Å². The third-order valence-corrected chi connectivity index (χ3v) is 3.99. The molecule has 1 atom stereocenters. The highest BCUT2D eigenvalue weighted by atomic mass is 16.5. The van der Waals surface area contributed by atoms with E-state index in [1.807, 2.05) is 13.8 Å². The Balaban J connectivity index is 1.74. The summed E-state index contributed by atoms with van der Waals surface area (Å²) in [5.41, 5.74) is -0.406. The standard InChI is InChI=1S/C15H28N2O4/c1-15(2)11-17(9-13(10-18)21-15)14(19)5-8-20-12-3-6-16-7-4-12/h12-13,16,18H,3-11H2,1-2H3. The van der Waals surface area contributed by atoms with Crippen LogP contribution < -0.4 is 5.32 Å². The van der Waals surface area contributed by atoms with E-state index in [1.165, 1.54) is 0 Å². The number of rotatable bonds is 5. The third-order valence-electron chi connectivity index (χ3n) is 3.99. The van der Waals surface area contributed by atoms with Gasteiger partial charge in [-0.05, 0) is 39.8 Å². The predicted molar refractivity (Wildman–Crippen MR) is 79.1 cm³/mol. The summed E-state index contributed by atoms with van der Waals surface area (Å²) in [7, 11) is 0. The smallest absolute Gasteiger partial charge is 0.225 e. The van der Waals surface area contributed by atoms with E-state index in [4.69, 9.17) is 9.47 Å². The monoisotopic (exact) mass is 300 g/mol. The zero-order valence-electron chi connectivity index (χ0n) is 13.1. The van der Waals surface area contributed by atoms with Gasteiger partial charge in [0, 0.05) is 13.1 Å². The van der Waals surface area contributed by atoms with Crippen LogP contribution in [-0.4, -0.2) is 73.1 Å². The van der Waals surface area contributed by atoms with Crippen LogP contribution in [0.4, 0.5) is 0 Å². The SMILES string of the molecule is CC1(C)CN(C(=O)CCOC2CCNCC2)CC(CO)O1. The van der Waals surface area contributed by atoms with Gasteiger partial charge in [0.25, 0.3) is 0 Å². The van der Waals surface area contributed by atoms with Crippen molar-refractivity contribution < 1.29 is 19.4 Å². The van der Waals surface area contributed by atoms with Gasteiger partial charge in [-0.3, -0.25) is 4.79 Å². The van der Waals surface area contributed by atoms with Crippen LogP contribution in [0.3, 0.4) is 0 Å². The Morgan fingerprint density at radius 3 is 2.81 bits per heavy atom. The number of hydrogen-bond donors (Lipinski definition) is 2. The van der Waals surface area contributed by atoms with Crippen molar-refractivity contribution in [2.75, 3.05) is 39.4 Å². The van der Waals surface area contributed by atoms with Gasteiger partial charge >= 0.3 is 0 Å². The van der Waals surface area contributed by atoms with Crippen molar-refractivity contribution in [3.63, 3.8) is 0 Å². The maximum Gasteiger partial charge on any atom is 0.225 e. The molecule has 0 bridgehead atoms. The molecule has 0 aromatic rings. The molecule has 0 aromatic heterocycles. The number of carbonyl (C=O) groups excluding carboxylic acids is 1. The van der Waals surface area contributed by atoms with Gasteiger partial charge < -0.3 is 24.8 Å². The van der Waals surface area contributed by atoms with E-state index in [0.29, 0.717) is 26.1 Å². The lowest BCUT2D eigenvalue weighted by Gasteiger charge is -2.42. The summed E-state index contributed by atoms with van der Waals surface area (Å²) in [4.78, 5) is 14.1. The molecule has 2 saturated heterocycles. The topological polar surface area (TPSA) is 71.0 Å². The predicted octanol–water partition coefficient (Wildman–Crippen LogP) is 0.143. The molecule has 0 aromatic carbocycles. The molecule has 122 valence electrons. The van der Waals surface area contributed by atoms with Crippen LogP contribution in [0.2, 0.25) is 0 Å². The number of carbonyl (C=O) groups is 1. The number of amides is 1. The first-order valence-electron chi connectivity index (χ1n) is 7.89. The maximum atomic E-state index is 12.3. The molecular weight excluding hydrogens is 272 g/mol. The Bertz CT molecular complexity index is 343. The molecular formula is C15H28N2O4. The van der Waals surface area contributed by atoms with E-state index in [0.717, 1.165) is 25.9 Å². The number of morpholine rings is 1. The van der Waals surface area contributed by atoms with Crippen LogP contribution in [0.25, 0.3) is 0 Å². The molecule has 2 heterocycles. The van der Waals surface area contributed by atoms with E-state index in [1.54, 1.807) is 4.90 Å². The van der Waals surface area contributed by atoms with Crippen LogP contribution in [0.1, 0.15) is 33.1 Å². The number of ether oxygens (including phenoxy) is 2. The minimum absolute atomic E-state index is 0.0568. The van der Waals surface area contributed by atoms with Gasteiger partial charge in [0.15, 0.2) is 0 Å². The molecule has 2 fully saturated rings. The molecule has 6 nitrogen and oxygen atoms in total. The average molecular weight is 300 g/mol. The average Bonchev–Trinajstić information content (AvgIpc) is 2.46. The van der Waals surface area contributed by atoms with Gasteiger partial charge in [0.2, 0.25) is 5.91 Å². The van der Waals surface area contributed by atoms with Crippen LogP contribution >= 0.6 is 0 Å². The van der Waals surface area contributed by atoms with Crippen molar-refractivity contribution >= 4 is 5.91 Å². The number of piperidine rings is 1. The first kappa shape index (κ1) is 16.7. The Morgan fingerprint density at radius 2 is 2.14 bits per heavy atom. The molecule has 0 aliphatic carbocycles. The Hall–Kier alpha value is -0.690. The van der Waals surface area contributed by atoms with Crippen molar-refractivity contribution in [3.05, 3.63) is 0 Å². The van der Waals surface area contributed by atoms with Gasteiger partial charge in [-0.25, -0.2) is 0 Å². The van der Waals surface area contributed by atoms with Crippen LogP contribution in [0.5, 0.6) is 0 Å². The fraction of sp³-hybridized carbons (Fsp3) is 0.933. The minimum Gasteiger partial charge on any atom is -0.394 e. The molecule has 2 aliphatic rings. The molecule has 2 N–H and O–H groups in total. The lowest BCUT2D eigenvalue weighted by molar-refractivity contribution is -0.167. The van der Waals surface area contributed by atoms with E-state index in [-0.39, 0.29) is 24.7 Å². The zero-order valence-corrected chi connectivity index (χ0v) is 13.1. The lowest BCUT2D eigenvalue weighted by Crippen LogP contribution is -2.55. The molecule has 2 aliphatic heterocycles. The molecule has 0 saturated carbocycles. The lowest BCUT2D eigenvalue weighted by atomic mass is 10.0. The van der Waals surface area contributed by atoms with E-state index in [9.17, 15) is 9.90 Å². The number of aliphatic hydroxyl groups is 1. The van der Waals surface area contributed by atoms with Crippen LogP contribution in [0.15, 0.2) is 0 Å². The van der Waals surface area contributed by atoms with Gasteiger partial charge in [-0.2, -0.15) is 0 Å². The Labute approximate surface area is 126 Å². The molecule has 2 rings (SSSR count). The van der Waals surface area contributed by atoms with Gasteiger partial charge in [-0.1, -0.05) is 0 Å². The van der Waals surface area contributed by atoms with Crippen molar-refractivity contribution in [1.82, 2.24) is 10.2 Å². The maximum absolute atomic E-state index is 12.3. The van der Waals surface area contributed by atoms with Crippen molar-refractivity contribution in [3.8, 4) is 0 Å². The summed E-state index contributed by atoms with van der Waals surface area (Å²) in [6.45, 7) is 7.33. The summed E-state index contributed by atoms with van der Waals surface area (Å²) in [5, 5.41) is 12.6. The number of hydrogen-bond acceptors (Lipinski definition) is 5. The quantitative estimate of drug-likeness (QED) is 0.756. The number of aliphatic hydroxyl groups excluding tert-OH is 1. The van der Waals surface area contributed by atoms with E-state index in [2.05, 4.69) is 5.32 Å². The highest BCUT2D eigenvalue weighted by molar-refractivity contribution is 5.76. The molecule has 0 radical (unpaired) electrons. The van der Waals surface area contributed by atoms with Crippen LogP contribution in [-0.2, 0) is 14.3 Å². The summed E-state index contributed by atoms with van der Waals surface area (Å²) >= 11 is 0. The zero-order chi connectivity index (χ0) is 15.3. The summed E-state index contributed by atoms with van der Waals surface area (Å²) in [6, 6.07) is 0. The van der Waals surface area contributed by atoms with Crippen molar-refractivity contribution in [2.45, 2.75) is 50.9 Å². The summed E-state index contributed by atoms with van der Waals surface area (Å²) in [5.74, 6) is 0.0822. The summed E-state index contributed by atoms with van der Waals surface area (Å²) < 4.78 is 11.5. The van der Waals surface area contributed by atoms with Gasteiger partial charge in [0.05, 0.1) is 37.4 Å². The molecule has 1 amide bonds. The molecule has 0 spiro atoms. The Kier molecular flexibility index (Phi) is 5.98. The molecule has 6 heteroatoms. The number of nitrogens with one attached hydrogen (secondary N) is 1. The largest absolute Gasteiger partial charge is 0.394 e. The summed E-state index contributed by atoms with van der Waals surface area (Å²) in [6.07, 6.45) is 2.43.